The molecule has 12 heavy (non-hydrogen) atoms. The zero-order chi connectivity index (χ0) is 9.41. The van der Waals surface area contributed by atoms with E-state index in [0.29, 0.717) is 5.41 Å². The van der Waals surface area contributed by atoms with Gasteiger partial charge in [-0.15, -0.1) is 0 Å². The van der Waals surface area contributed by atoms with Gasteiger partial charge in [-0.2, -0.15) is 5.26 Å². The summed E-state index contributed by atoms with van der Waals surface area (Å²) < 4.78 is 0. The fourth-order valence-corrected chi connectivity index (χ4v) is 2.41. The maximum Gasteiger partial charge on any atom is 0.0684 e. The van der Waals surface area contributed by atoms with Gasteiger partial charge in [0.1, 0.15) is 0 Å². The summed E-state index contributed by atoms with van der Waals surface area (Å²) in [5.74, 6) is 0.801. The lowest BCUT2D eigenvalue weighted by Gasteiger charge is -2.44. The highest BCUT2D eigenvalue weighted by Gasteiger charge is 2.38. The van der Waals surface area contributed by atoms with E-state index in [9.17, 15) is 0 Å². The molecule has 1 aliphatic rings. The molecule has 0 unspecified atom stereocenters. The smallest absolute Gasteiger partial charge is 0.0684 e. The van der Waals surface area contributed by atoms with Crippen molar-refractivity contribution in [2.75, 3.05) is 0 Å². The van der Waals surface area contributed by atoms with Crippen LogP contribution in [0.2, 0.25) is 0 Å². The lowest BCUT2D eigenvalue weighted by Crippen LogP contribution is -2.34. The van der Waals surface area contributed by atoms with E-state index >= 15 is 0 Å². The molecule has 0 aromatic heterocycles. The minimum atomic E-state index is -0.110. The van der Waals surface area contributed by atoms with Crippen LogP contribution >= 0.6 is 0 Å². The molecule has 1 rings (SSSR count). The number of rotatable bonds is 2. The molecule has 0 atom stereocenters. The molecule has 0 heterocycles. The molecular formula is C11H19N. The van der Waals surface area contributed by atoms with E-state index in [4.69, 9.17) is 5.26 Å². The molecule has 0 aromatic carbocycles. The van der Waals surface area contributed by atoms with E-state index in [-0.39, 0.29) is 5.41 Å². The second kappa shape index (κ2) is 2.76. The Balaban J connectivity index is 2.34. The third kappa shape index (κ3) is 2.24. The van der Waals surface area contributed by atoms with Gasteiger partial charge in [-0.1, -0.05) is 13.8 Å². The molecule has 1 aliphatic carbocycles. The van der Waals surface area contributed by atoms with Crippen LogP contribution in [0.25, 0.3) is 0 Å². The summed E-state index contributed by atoms with van der Waals surface area (Å²) in [6.07, 6.45) is 3.68. The number of nitriles is 1. The molecule has 0 aromatic rings. The molecule has 0 bridgehead atoms. The molecule has 1 saturated carbocycles. The van der Waals surface area contributed by atoms with E-state index in [1.807, 2.05) is 13.8 Å². The molecule has 1 fully saturated rings. The summed E-state index contributed by atoms with van der Waals surface area (Å²) in [5.41, 5.74) is 0.442. The van der Waals surface area contributed by atoms with Crippen LogP contribution in [0.5, 0.6) is 0 Å². The first kappa shape index (κ1) is 9.58. The maximum atomic E-state index is 8.84. The monoisotopic (exact) mass is 165 g/mol. The van der Waals surface area contributed by atoms with Gasteiger partial charge in [-0.3, -0.25) is 0 Å². The summed E-state index contributed by atoms with van der Waals surface area (Å²) in [7, 11) is 0. The molecular weight excluding hydrogens is 146 g/mol. The van der Waals surface area contributed by atoms with Gasteiger partial charge in [0.25, 0.3) is 0 Å². The average molecular weight is 165 g/mol. The van der Waals surface area contributed by atoms with Crippen molar-refractivity contribution in [1.29, 1.82) is 5.26 Å². The van der Waals surface area contributed by atoms with E-state index in [1.165, 1.54) is 12.8 Å². The molecule has 0 amide bonds. The lowest BCUT2D eigenvalue weighted by atomic mass is 9.61. The molecule has 1 heteroatoms. The van der Waals surface area contributed by atoms with Gasteiger partial charge in [-0.25, -0.2) is 0 Å². The standard InChI is InChI=1S/C11H19N/c1-10(2)5-9(6-10)7-11(3,4)8-12/h9H,5-7H2,1-4H3. The predicted octanol–water partition coefficient (Wildman–Crippen LogP) is 3.36. The Labute approximate surface area is 75.8 Å². The van der Waals surface area contributed by atoms with Gasteiger partial charge in [0.2, 0.25) is 0 Å². The molecule has 1 nitrogen and oxygen atoms in total. The fourth-order valence-electron chi connectivity index (χ4n) is 2.41. The third-order valence-electron chi connectivity index (χ3n) is 2.78. The quantitative estimate of drug-likeness (QED) is 0.615. The highest BCUT2D eigenvalue weighted by atomic mass is 14.4. The van der Waals surface area contributed by atoms with Gasteiger partial charge in [0, 0.05) is 0 Å². The van der Waals surface area contributed by atoms with Crippen molar-refractivity contribution >= 4 is 0 Å². The van der Waals surface area contributed by atoms with Crippen LogP contribution in [-0.2, 0) is 0 Å². The number of nitrogens with zero attached hydrogens (tertiary/aromatic N) is 1. The van der Waals surface area contributed by atoms with Gasteiger partial charge >= 0.3 is 0 Å². The van der Waals surface area contributed by atoms with E-state index in [0.717, 1.165) is 12.3 Å². The van der Waals surface area contributed by atoms with Gasteiger partial charge in [-0.05, 0) is 44.4 Å². The van der Waals surface area contributed by atoms with Crippen LogP contribution in [0, 0.1) is 28.1 Å². The van der Waals surface area contributed by atoms with Crippen molar-refractivity contribution in [3.05, 3.63) is 0 Å². The first-order valence-corrected chi connectivity index (χ1v) is 4.76. The zero-order valence-corrected chi connectivity index (χ0v) is 8.65. The van der Waals surface area contributed by atoms with Crippen LogP contribution in [0.4, 0.5) is 0 Å². The minimum absolute atomic E-state index is 0.110. The average Bonchev–Trinajstić information content (AvgIpc) is 1.83. The summed E-state index contributed by atoms with van der Waals surface area (Å²) in [6, 6.07) is 2.37. The maximum absolute atomic E-state index is 8.84. The second-order valence-electron chi connectivity index (χ2n) is 5.64. The molecule has 0 N–H and O–H groups in total. The van der Waals surface area contributed by atoms with Crippen molar-refractivity contribution in [2.45, 2.75) is 47.0 Å². The van der Waals surface area contributed by atoms with Crippen molar-refractivity contribution in [3.8, 4) is 6.07 Å². The largest absolute Gasteiger partial charge is 0.198 e. The predicted molar refractivity (Wildman–Crippen MR) is 50.5 cm³/mol. The summed E-state index contributed by atoms with van der Waals surface area (Å²) in [4.78, 5) is 0. The Morgan fingerprint density at radius 3 is 2.25 bits per heavy atom. The highest BCUT2D eigenvalue weighted by Crippen LogP contribution is 2.49. The normalized spacial score (nSPS) is 22.9. The molecule has 68 valence electrons. The Morgan fingerprint density at radius 2 is 1.92 bits per heavy atom. The Hall–Kier alpha value is -0.510. The van der Waals surface area contributed by atoms with Crippen molar-refractivity contribution < 1.29 is 0 Å². The van der Waals surface area contributed by atoms with Gasteiger partial charge < -0.3 is 0 Å². The van der Waals surface area contributed by atoms with Crippen molar-refractivity contribution in [3.63, 3.8) is 0 Å². The van der Waals surface area contributed by atoms with Gasteiger partial charge in [0.15, 0.2) is 0 Å². The van der Waals surface area contributed by atoms with E-state index in [2.05, 4.69) is 19.9 Å². The SMILES string of the molecule is CC(C)(C#N)CC1CC(C)(C)C1. The van der Waals surface area contributed by atoms with Gasteiger partial charge in [0.05, 0.1) is 11.5 Å². The Morgan fingerprint density at radius 1 is 1.42 bits per heavy atom. The van der Waals surface area contributed by atoms with Crippen LogP contribution < -0.4 is 0 Å². The number of hydrogen-bond acceptors (Lipinski definition) is 1. The summed E-state index contributed by atoms with van der Waals surface area (Å²) in [5, 5.41) is 8.84. The van der Waals surface area contributed by atoms with Crippen molar-refractivity contribution in [1.82, 2.24) is 0 Å². The first-order chi connectivity index (χ1) is 5.35. The topological polar surface area (TPSA) is 23.8 Å². The second-order valence-corrected chi connectivity index (χ2v) is 5.64. The van der Waals surface area contributed by atoms with Crippen LogP contribution in [0.3, 0.4) is 0 Å². The Bertz CT molecular complexity index is 200. The summed E-state index contributed by atoms with van der Waals surface area (Å²) >= 11 is 0. The zero-order valence-electron chi connectivity index (χ0n) is 8.65. The van der Waals surface area contributed by atoms with E-state index in [1.54, 1.807) is 0 Å². The third-order valence-corrected chi connectivity index (χ3v) is 2.78. The van der Waals surface area contributed by atoms with E-state index < -0.39 is 0 Å². The number of hydrogen-bond donors (Lipinski definition) is 0. The van der Waals surface area contributed by atoms with Crippen LogP contribution in [0.1, 0.15) is 47.0 Å². The minimum Gasteiger partial charge on any atom is -0.198 e. The summed E-state index contributed by atoms with van der Waals surface area (Å²) in [6.45, 7) is 8.70. The fraction of sp³-hybridized carbons (Fsp3) is 0.909. The molecule has 0 saturated heterocycles. The molecule has 0 aliphatic heterocycles. The van der Waals surface area contributed by atoms with Crippen LogP contribution in [-0.4, -0.2) is 0 Å². The van der Waals surface area contributed by atoms with Crippen molar-refractivity contribution in [2.24, 2.45) is 16.7 Å². The van der Waals surface area contributed by atoms with Crippen LogP contribution in [0.15, 0.2) is 0 Å². The molecule has 0 radical (unpaired) electrons. The molecule has 0 spiro atoms. The Kier molecular flexibility index (Phi) is 2.21. The highest BCUT2D eigenvalue weighted by molar-refractivity contribution is 4.97. The lowest BCUT2D eigenvalue weighted by molar-refractivity contribution is 0.0701. The first-order valence-electron chi connectivity index (χ1n) is 4.76.